The van der Waals surface area contributed by atoms with Gasteiger partial charge in [0.1, 0.15) is 6.61 Å². The standard InChI is InChI=1S/C12H20N2O2/c13-11-1-3-12(4-2-11)16-10-7-14-5-8-15-9-6-14/h1,3H,2,4-10,13H2. The molecule has 0 atom stereocenters. The number of hydrogen-bond acceptors (Lipinski definition) is 4. The fourth-order valence-corrected chi connectivity index (χ4v) is 1.89. The molecule has 1 fully saturated rings. The molecule has 0 spiro atoms. The fourth-order valence-electron chi connectivity index (χ4n) is 1.89. The van der Waals surface area contributed by atoms with Crippen LogP contribution in [0.2, 0.25) is 0 Å². The van der Waals surface area contributed by atoms with Crippen LogP contribution in [0, 0.1) is 0 Å². The summed E-state index contributed by atoms with van der Waals surface area (Å²) in [6.45, 7) is 5.49. The molecular weight excluding hydrogens is 204 g/mol. The van der Waals surface area contributed by atoms with E-state index in [1.807, 2.05) is 12.2 Å². The molecule has 0 amide bonds. The van der Waals surface area contributed by atoms with Crippen molar-refractivity contribution >= 4 is 0 Å². The van der Waals surface area contributed by atoms with E-state index in [0.717, 1.165) is 63.8 Å². The lowest BCUT2D eigenvalue weighted by atomic mass is 10.1. The number of allylic oxidation sites excluding steroid dienone is 4. The van der Waals surface area contributed by atoms with Crippen LogP contribution in [0.3, 0.4) is 0 Å². The van der Waals surface area contributed by atoms with Gasteiger partial charge >= 0.3 is 0 Å². The van der Waals surface area contributed by atoms with Crippen molar-refractivity contribution in [1.29, 1.82) is 0 Å². The second-order valence-electron chi connectivity index (χ2n) is 4.18. The molecule has 1 saturated heterocycles. The molecular formula is C12H20N2O2. The van der Waals surface area contributed by atoms with Crippen LogP contribution in [0.1, 0.15) is 12.8 Å². The topological polar surface area (TPSA) is 47.7 Å². The summed E-state index contributed by atoms with van der Waals surface area (Å²) in [5.41, 5.74) is 6.63. The minimum absolute atomic E-state index is 0.763. The molecule has 2 rings (SSSR count). The smallest absolute Gasteiger partial charge is 0.100 e. The van der Waals surface area contributed by atoms with E-state index in [4.69, 9.17) is 15.2 Å². The Morgan fingerprint density at radius 3 is 2.75 bits per heavy atom. The zero-order chi connectivity index (χ0) is 11.2. The van der Waals surface area contributed by atoms with Gasteiger partial charge in [0, 0.05) is 31.8 Å². The van der Waals surface area contributed by atoms with E-state index in [-0.39, 0.29) is 0 Å². The van der Waals surface area contributed by atoms with Gasteiger partial charge in [-0.05, 0) is 18.6 Å². The van der Waals surface area contributed by atoms with E-state index in [2.05, 4.69) is 4.90 Å². The van der Waals surface area contributed by atoms with Gasteiger partial charge < -0.3 is 15.2 Å². The highest BCUT2D eigenvalue weighted by Gasteiger charge is 2.10. The van der Waals surface area contributed by atoms with E-state index in [9.17, 15) is 0 Å². The second-order valence-corrected chi connectivity index (χ2v) is 4.18. The van der Waals surface area contributed by atoms with Crippen molar-refractivity contribution in [3.8, 4) is 0 Å². The minimum atomic E-state index is 0.763. The van der Waals surface area contributed by atoms with Crippen molar-refractivity contribution in [2.24, 2.45) is 5.73 Å². The summed E-state index contributed by atoms with van der Waals surface area (Å²) in [6.07, 6.45) is 5.78. The first-order valence-electron chi connectivity index (χ1n) is 5.93. The molecule has 2 aliphatic rings. The van der Waals surface area contributed by atoms with Gasteiger partial charge in [-0.1, -0.05) is 0 Å². The van der Waals surface area contributed by atoms with Gasteiger partial charge in [-0.2, -0.15) is 0 Å². The Morgan fingerprint density at radius 1 is 1.25 bits per heavy atom. The van der Waals surface area contributed by atoms with Crippen LogP contribution in [0.25, 0.3) is 0 Å². The predicted octanol–water partition coefficient (Wildman–Crippen LogP) is 0.855. The zero-order valence-electron chi connectivity index (χ0n) is 9.65. The highest BCUT2D eigenvalue weighted by Crippen LogP contribution is 2.15. The Hall–Kier alpha value is -1.00. The highest BCUT2D eigenvalue weighted by molar-refractivity contribution is 5.18. The first kappa shape index (κ1) is 11.5. The maximum Gasteiger partial charge on any atom is 0.100 e. The maximum absolute atomic E-state index is 5.71. The van der Waals surface area contributed by atoms with Gasteiger partial charge in [0.15, 0.2) is 0 Å². The Balaban J connectivity index is 1.64. The largest absolute Gasteiger partial charge is 0.497 e. The number of hydrogen-bond donors (Lipinski definition) is 1. The van der Waals surface area contributed by atoms with Crippen molar-refractivity contribution in [3.05, 3.63) is 23.6 Å². The molecule has 0 aromatic carbocycles. The third-order valence-electron chi connectivity index (χ3n) is 2.94. The first-order chi connectivity index (χ1) is 7.84. The summed E-state index contributed by atoms with van der Waals surface area (Å²) in [5.74, 6) is 1.06. The summed E-state index contributed by atoms with van der Waals surface area (Å²) in [7, 11) is 0. The van der Waals surface area contributed by atoms with Crippen LogP contribution < -0.4 is 5.73 Å². The molecule has 2 N–H and O–H groups in total. The van der Waals surface area contributed by atoms with Crippen LogP contribution in [-0.2, 0) is 9.47 Å². The SMILES string of the molecule is NC1=CC=C(OCCN2CCOCC2)CC1. The van der Waals surface area contributed by atoms with Gasteiger partial charge in [-0.15, -0.1) is 0 Å². The Morgan fingerprint density at radius 2 is 2.06 bits per heavy atom. The van der Waals surface area contributed by atoms with Crippen molar-refractivity contribution < 1.29 is 9.47 Å². The van der Waals surface area contributed by atoms with Gasteiger partial charge in [0.25, 0.3) is 0 Å². The van der Waals surface area contributed by atoms with Crippen molar-refractivity contribution in [1.82, 2.24) is 4.90 Å². The van der Waals surface area contributed by atoms with Crippen LogP contribution in [-0.4, -0.2) is 44.4 Å². The van der Waals surface area contributed by atoms with E-state index in [0.29, 0.717) is 0 Å². The normalized spacial score (nSPS) is 22.5. The van der Waals surface area contributed by atoms with Crippen LogP contribution in [0.15, 0.2) is 23.6 Å². The number of nitrogens with two attached hydrogens (primary N) is 1. The minimum Gasteiger partial charge on any atom is -0.497 e. The molecule has 0 saturated carbocycles. The number of morpholine rings is 1. The third kappa shape index (κ3) is 3.54. The summed E-state index contributed by atoms with van der Waals surface area (Å²) in [5, 5.41) is 0. The molecule has 4 nitrogen and oxygen atoms in total. The summed E-state index contributed by atoms with van der Waals surface area (Å²) >= 11 is 0. The average molecular weight is 224 g/mol. The van der Waals surface area contributed by atoms with Crippen LogP contribution in [0.5, 0.6) is 0 Å². The molecule has 16 heavy (non-hydrogen) atoms. The third-order valence-corrected chi connectivity index (χ3v) is 2.94. The lowest BCUT2D eigenvalue weighted by molar-refractivity contribution is 0.0270. The van der Waals surface area contributed by atoms with Gasteiger partial charge in [-0.3, -0.25) is 4.90 Å². The number of ether oxygens (including phenoxy) is 2. The Bertz CT molecular complexity index is 281. The van der Waals surface area contributed by atoms with Crippen LogP contribution in [0.4, 0.5) is 0 Å². The number of nitrogens with zero attached hydrogens (tertiary/aromatic N) is 1. The van der Waals surface area contributed by atoms with Crippen molar-refractivity contribution in [2.45, 2.75) is 12.8 Å². The molecule has 0 radical (unpaired) electrons. The molecule has 90 valence electrons. The average Bonchev–Trinajstić information content (AvgIpc) is 2.33. The molecule has 0 aromatic heterocycles. The number of rotatable bonds is 4. The van der Waals surface area contributed by atoms with E-state index in [1.54, 1.807) is 0 Å². The highest BCUT2D eigenvalue weighted by atomic mass is 16.5. The molecule has 0 aromatic rings. The maximum atomic E-state index is 5.71. The fraction of sp³-hybridized carbons (Fsp3) is 0.667. The Labute approximate surface area is 96.7 Å². The van der Waals surface area contributed by atoms with Gasteiger partial charge in [0.2, 0.25) is 0 Å². The Kier molecular flexibility index (Phi) is 4.25. The molecule has 1 aliphatic heterocycles. The lowest BCUT2D eigenvalue weighted by Gasteiger charge is -2.26. The molecule has 4 heteroatoms. The van der Waals surface area contributed by atoms with Crippen molar-refractivity contribution in [2.75, 3.05) is 39.5 Å². The van der Waals surface area contributed by atoms with E-state index >= 15 is 0 Å². The lowest BCUT2D eigenvalue weighted by Crippen LogP contribution is -2.38. The molecule has 1 heterocycles. The molecule has 0 unspecified atom stereocenters. The predicted molar refractivity (Wildman–Crippen MR) is 62.8 cm³/mol. The van der Waals surface area contributed by atoms with Gasteiger partial charge in [-0.25, -0.2) is 0 Å². The van der Waals surface area contributed by atoms with Crippen LogP contribution >= 0.6 is 0 Å². The summed E-state index contributed by atoms with van der Waals surface area (Å²) in [4.78, 5) is 2.37. The monoisotopic (exact) mass is 224 g/mol. The molecule has 1 aliphatic carbocycles. The molecule has 0 bridgehead atoms. The van der Waals surface area contributed by atoms with E-state index in [1.165, 1.54) is 0 Å². The zero-order valence-corrected chi connectivity index (χ0v) is 9.65. The van der Waals surface area contributed by atoms with E-state index < -0.39 is 0 Å². The van der Waals surface area contributed by atoms with Crippen molar-refractivity contribution in [3.63, 3.8) is 0 Å². The summed E-state index contributed by atoms with van der Waals surface area (Å²) in [6, 6.07) is 0. The first-order valence-corrected chi connectivity index (χ1v) is 5.93. The quantitative estimate of drug-likeness (QED) is 0.769. The second kappa shape index (κ2) is 5.92. The summed E-state index contributed by atoms with van der Waals surface area (Å²) < 4.78 is 11.0. The van der Waals surface area contributed by atoms with Gasteiger partial charge in [0.05, 0.1) is 19.0 Å².